The van der Waals surface area contributed by atoms with Gasteiger partial charge in [-0.05, 0) is 12.8 Å². The van der Waals surface area contributed by atoms with Gasteiger partial charge in [0.25, 0.3) is 0 Å². The van der Waals surface area contributed by atoms with Crippen LogP contribution in [0.5, 0.6) is 0 Å². The second kappa shape index (κ2) is 5.63. The Kier molecular flexibility index (Phi) is 3.92. The summed E-state index contributed by atoms with van der Waals surface area (Å²) >= 11 is 0. The molecule has 0 unspecified atom stereocenters. The second-order valence-corrected chi connectivity index (χ2v) is 4.33. The predicted molar refractivity (Wildman–Crippen MR) is 75.3 cm³/mol. The average Bonchev–Trinajstić information content (AvgIpc) is 2.40. The zero-order valence-corrected chi connectivity index (χ0v) is 11.0. The summed E-state index contributed by atoms with van der Waals surface area (Å²) in [7, 11) is 0. The van der Waals surface area contributed by atoms with E-state index in [1.165, 1.54) is 0 Å². The van der Waals surface area contributed by atoms with Crippen molar-refractivity contribution in [1.29, 1.82) is 0 Å². The fraction of sp³-hybridized carbons (Fsp3) is 0.333. The molecule has 1 heterocycles. The first-order chi connectivity index (χ1) is 8.76. The van der Waals surface area contributed by atoms with E-state index in [1.807, 2.05) is 30.3 Å². The third-order valence-electron chi connectivity index (χ3n) is 3.00. The minimum absolute atomic E-state index is 0.620. The molecule has 1 aromatic heterocycles. The molecule has 0 radical (unpaired) electrons. The van der Waals surface area contributed by atoms with Crippen LogP contribution in [0.3, 0.4) is 0 Å². The maximum Gasteiger partial charge on any atom is 0.161 e. The molecule has 1 aromatic carbocycles. The van der Waals surface area contributed by atoms with Crippen molar-refractivity contribution in [3.8, 4) is 11.4 Å². The van der Waals surface area contributed by atoms with E-state index in [4.69, 9.17) is 5.73 Å². The van der Waals surface area contributed by atoms with Gasteiger partial charge in [0, 0.05) is 16.8 Å². The lowest BCUT2D eigenvalue weighted by molar-refractivity contribution is 0.850. The highest BCUT2D eigenvalue weighted by Crippen LogP contribution is 2.21. The van der Waals surface area contributed by atoms with Crippen LogP contribution in [0, 0.1) is 0 Å². The largest absolute Gasteiger partial charge is 0.383 e. The number of nitrogens with zero attached hydrogens (tertiary/aromatic N) is 2. The number of aromatic nitrogens is 2. The molecule has 3 heteroatoms. The fourth-order valence-corrected chi connectivity index (χ4v) is 2.09. The molecule has 3 nitrogen and oxygen atoms in total. The van der Waals surface area contributed by atoms with E-state index < -0.39 is 0 Å². The lowest BCUT2D eigenvalue weighted by atomic mass is 10.1. The first kappa shape index (κ1) is 12.6. The summed E-state index contributed by atoms with van der Waals surface area (Å²) in [4.78, 5) is 9.10. The van der Waals surface area contributed by atoms with Gasteiger partial charge in [-0.3, -0.25) is 0 Å². The Labute approximate surface area is 108 Å². The van der Waals surface area contributed by atoms with E-state index in [0.29, 0.717) is 5.82 Å². The van der Waals surface area contributed by atoms with Gasteiger partial charge in [-0.1, -0.05) is 50.6 Å². The normalized spacial score (nSPS) is 10.6. The van der Waals surface area contributed by atoms with Crippen molar-refractivity contribution < 1.29 is 0 Å². The summed E-state index contributed by atoms with van der Waals surface area (Å²) in [6.45, 7) is 4.25. The van der Waals surface area contributed by atoms with Gasteiger partial charge in [0.15, 0.2) is 5.82 Å². The Bertz CT molecular complexity index is 521. The number of rotatable bonds is 4. The van der Waals surface area contributed by atoms with Gasteiger partial charge in [-0.2, -0.15) is 0 Å². The van der Waals surface area contributed by atoms with Crippen molar-refractivity contribution in [2.75, 3.05) is 5.73 Å². The summed E-state index contributed by atoms with van der Waals surface area (Å²) in [5.74, 6) is 1.35. The van der Waals surface area contributed by atoms with Crippen LogP contribution in [0.4, 0.5) is 5.82 Å². The molecule has 0 spiro atoms. The van der Waals surface area contributed by atoms with Gasteiger partial charge in [0.05, 0.1) is 0 Å². The van der Waals surface area contributed by atoms with Gasteiger partial charge in [-0.15, -0.1) is 0 Å². The molecular formula is C15H19N3. The molecule has 0 saturated carbocycles. The first-order valence-electron chi connectivity index (χ1n) is 6.47. The van der Waals surface area contributed by atoms with E-state index in [1.54, 1.807) is 0 Å². The third-order valence-corrected chi connectivity index (χ3v) is 3.00. The molecule has 2 rings (SSSR count). The van der Waals surface area contributed by atoms with E-state index in [9.17, 15) is 0 Å². The molecule has 0 fully saturated rings. The zero-order chi connectivity index (χ0) is 13.0. The third kappa shape index (κ3) is 2.50. The quantitative estimate of drug-likeness (QED) is 0.894. The smallest absolute Gasteiger partial charge is 0.161 e. The Morgan fingerprint density at radius 3 is 2.39 bits per heavy atom. The van der Waals surface area contributed by atoms with Gasteiger partial charge >= 0.3 is 0 Å². The Balaban J connectivity index is 2.51. The highest BCUT2D eigenvalue weighted by molar-refractivity contribution is 5.58. The first-order valence-corrected chi connectivity index (χ1v) is 6.47. The summed E-state index contributed by atoms with van der Waals surface area (Å²) in [5.41, 5.74) is 9.25. The molecule has 0 bridgehead atoms. The summed E-state index contributed by atoms with van der Waals surface area (Å²) in [6.07, 6.45) is 2.91. The van der Waals surface area contributed by atoms with Gasteiger partial charge in [0.2, 0.25) is 0 Å². The number of nitrogens with two attached hydrogens (primary N) is 1. The van der Waals surface area contributed by atoms with Crippen LogP contribution in [0.2, 0.25) is 0 Å². The standard InChI is InChI=1S/C15H19N3/c1-3-8-13-12(4-2)14(16)18-15(17-13)11-9-6-5-7-10-11/h5-7,9-10H,3-4,8H2,1-2H3,(H2,16,17,18). The SMILES string of the molecule is CCCc1nc(-c2ccccc2)nc(N)c1CC. The highest BCUT2D eigenvalue weighted by Gasteiger charge is 2.11. The average molecular weight is 241 g/mol. The molecule has 2 N–H and O–H groups in total. The molecule has 0 saturated heterocycles. The lowest BCUT2D eigenvalue weighted by Crippen LogP contribution is -2.07. The number of benzene rings is 1. The lowest BCUT2D eigenvalue weighted by Gasteiger charge is -2.11. The van der Waals surface area contributed by atoms with Gasteiger partial charge in [-0.25, -0.2) is 9.97 Å². The number of nitrogen functional groups attached to an aromatic ring is 1. The molecule has 0 amide bonds. The second-order valence-electron chi connectivity index (χ2n) is 4.33. The number of aryl methyl sites for hydroxylation is 1. The topological polar surface area (TPSA) is 51.8 Å². The van der Waals surface area contributed by atoms with E-state index in [2.05, 4.69) is 23.8 Å². The van der Waals surface area contributed by atoms with Crippen LogP contribution in [-0.2, 0) is 12.8 Å². The fourth-order valence-electron chi connectivity index (χ4n) is 2.09. The molecular weight excluding hydrogens is 222 g/mol. The van der Waals surface area contributed by atoms with Gasteiger partial charge in [0.1, 0.15) is 5.82 Å². The molecule has 0 atom stereocenters. The maximum atomic E-state index is 6.05. The maximum absolute atomic E-state index is 6.05. The van der Waals surface area contributed by atoms with Crippen molar-refractivity contribution in [3.63, 3.8) is 0 Å². The summed E-state index contributed by atoms with van der Waals surface area (Å²) in [6, 6.07) is 9.98. The van der Waals surface area contributed by atoms with E-state index in [-0.39, 0.29) is 0 Å². The van der Waals surface area contributed by atoms with Crippen LogP contribution in [0.1, 0.15) is 31.5 Å². The van der Waals surface area contributed by atoms with Crippen LogP contribution in [-0.4, -0.2) is 9.97 Å². The highest BCUT2D eigenvalue weighted by atomic mass is 15.0. The predicted octanol–water partition coefficient (Wildman–Crippen LogP) is 3.24. The number of hydrogen-bond acceptors (Lipinski definition) is 3. The molecule has 94 valence electrons. The van der Waals surface area contributed by atoms with Crippen molar-refractivity contribution >= 4 is 5.82 Å². The molecule has 2 aromatic rings. The van der Waals surface area contributed by atoms with Crippen molar-refractivity contribution in [2.45, 2.75) is 33.1 Å². The van der Waals surface area contributed by atoms with Crippen molar-refractivity contribution in [3.05, 3.63) is 41.6 Å². The Morgan fingerprint density at radius 2 is 1.78 bits per heavy atom. The van der Waals surface area contributed by atoms with Gasteiger partial charge < -0.3 is 5.73 Å². The Morgan fingerprint density at radius 1 is 1.06 bits per heavy atom. The monoisotopic (exact) mass is 241 g/mol. The zero-order valence-electron chi connectivity index (χ0n) is 11.0. The van der Waals surface area contributed by atoms with Crippen LogP contribution < -0.4 is 5.73 Å². The minimum Gasteiger partial charge on any atom is -0.383 e. The van der Waals surface area contributed by atoms with Crippen LogP contribution >= 0.6 is 0 Å². The minimum atomic E-state index is 0.620. The van der Waals surface area contributed by atoms with E-state index >= 15 is 0 Å². The van der Waals surface area contributed by atoms with Crippen LogP contribution in [0.25, 0.3) is 11.4 Å². The molecule has 18 heavy (non-hydrogen) atoms. The number of anilines is 1. The number of hydrogen-bond donors (Lipinski definition) is 1. The summed E-state index contributed by atoms with van der Waals surface area (Å²) < 4.78 is 0. The molecule has 0 aliphatic heterocycles. The Hall–Kier alpha value is -1.90. The van der Waals surface area contributed by atoms with E-state index in [0.717, 1.165) is 41.9 Å². The van der Waals surface area contributed by atoms with Crippen molar-refractivity contribution in [2.24, 2.45) is 0 Å². The molecule has 0 aliphatic carbocycles. The molecule has 0 aliphatic rings. The van der Waals surface area contributed by atoms with Crippen LogP contribution in [0.15, 0.2) is 30.3 Å². The van der Waals surface area contributed by atoms with Crippen molar-refractivity contribution in [1.82, 2.24) is 9.97 Å². The summed E-state index contributed by atoms with van der Waals surface area (Å²) in [5, 5.41) is 0.